The third kappa shape index (κ3) is 4.95. The molecule has 0 aromatic carbocycles. The van der Waals surface area contributed by atoms with Crippen LogP contribution in [0.15, 0.2) is 0 Å². The SMILES string of the molecule is CCC(C)(C)C1CCC2(CC1)OCC(CCN(C)CC1OCCO1)O2. The van der Waals surface area contributed by atoms with E-state index in [0.29, 0.717) is 5.41 Å². The lowest BCUT2D eigenvalue weighted by molar-refractivity contribution is -0.197. The number of nitrogens with zero attached hydrogens (tertiary/aromatic N) is 1. The molecule has 5 nitrogen and oxygen atoms in total. The van der Waals surface area contributed by atoms with E-state index in [0.717, 1.165) is 58.1 Å². The fourth-order valence-electron chi connectivity index (χ4n) is 4.37. The Morgan fingerprint density at radius 3 is 2.44 bits per heavy atom. The van der Waals surface area contributed by atoms with Crippen LogP contribution in [0.3, 0.4) is 0 Å². The smallest absolute Gasteiger partial charge is 0.170 e. The average Bonchev–Trinajstić information content (AvgIpc) is 3.24. The van der Waals surface area contributed by atoms with E-state index >= 15 is 0 Å². The molecule has 2 heterocycles. The zero-order valence-electron chi connectivity index (χ0n) is 16.6. The highest BCUT2D eigenvalue weighted by molar-refractivity contribution is 4.89. The fourth-order valence-corrected chi connectivity index (χ4v) is 4.37. The van der Waals surface area contributed by atoms with Crippen molar-refractivity contribution >= 4 is 0 Å². The highest BCUT2D eigenvalue weighted by Crippen LogP contribution is 2.47. The van der Waals surface area contributed by atoms with Gasteiger partial charge in [-0.1, -0.05) is 27.2 Å². The second-order valence-electron chi connectivity index (χ2n) is 8.80. The molecule has 1 unspecified atom stereocenters. The lowest BCUT2D eigenvalue weighted by Gasteiger charge is -2.42. The number of hydrogen-bond donors (Lipinski definition) is 0. The largest absolute Gasteiger partial charge is 0.349 e. The van der Waals surface area contributed by atoms with E-state index < -0.39 is 0 Å². The molecule has 0 aromatic heterocycles. The Bertz CT molecular complexity index is 414. The molecule has 2 aliphatic heterocycles. The summed E-state index contributed by atoms with van der Waals surface area (Å²) in [6.07, 6.45) is 6.98. The summed E-state index contributed by atoms with van der Waals surface area (Å²) in [4.78, 5) is 2.27. The summed E-state index contributed by atoms with van der Waals surface area (Å²) in [5.41, 5.74) is 0.437. The second kappa shape index (κ2) is 8.22. The Balaban J connectivity index is 1.38. The molecule has 5 heteroatoms. The minimum Gasteiger partial charge on any atom is -0.349 e. The van der Waals surface area contributed by atoms with Gasteiger partial charge in [0.2, 0.25) is 0 Å². The summed E-state index contributed by atoms with van der Waals surface area (Å²) in [7, 11) is 2.12. The van der Waals surface area contributed by atoms with Crippen molar-refractivity contribution in [3.05, 3.63) is 0 Å². The normalized spacial score (nSPS) is 34.4. The quantitative estimate of drug-likeness (QED) is 0.700. The summed E-state index contributed by atoms with van der Waals surface area (Å²) in [5.74, 6) is 0.508. The molecule has 0 bridgehead atoms. The molecule has 0 aromatic rings. The third-order valence-electron chi connectivity index (χ3n) is 6.66. The van der Waals surface area contributed by atoms with E-state index in [-0.39, 0.29) is 18.2 Å². The molecule has 25 heavy (non-hydrogen) atoms. The van der Waals surface area contributed by atoms with Crippen molar-refractivity contribution in [3.63, 3.8) is 0 Å². The van der Waals surface area contributed by atoms with Gasteiger partial charge in [-0.15, -0.1) is 0 Å². The third-order valence-corrected chi connectivity index (χ3v) is 6.66. The Hall–Kier alpha value is -0.200. The summed E-state index contributed by atoms with van der Waals surface area (Å²) < 4.78 is 23.6. The van der Waals surface area contributed by atoms with Crippen LogP contribution in [0, 0.1) is 11.3 Å². The maximum absolute atomic E-state index is 6.39. The Morgan fingerprint density at radius 2 is 1.80 bits per heavy atom. The van der Waals surface area contributed by atoms with Gasteiger partial charge in [0.1, 0.15) is 0 Å². The van der Waals surface area contributed by atoms with Crippen LogP contribution in [0.25, 0.3) is 0 Å². The Morgan fingerprint density at radius 1 is 1.12 bits per heavy atom. The van der Waals surface area contributed by atoms with E-state index in [1.165, 1.54) is 19.3 Å². The molecule has 1 aliphatic carbocycles. The highest BCUT2D eigenvalue weighted by atomic mass is 16.7. The van der Waals surface area contributed by atoms with Gasteiger partial charge in [-0.3, -0.25) is 0 Å². The lowest BCUT2D eigenvalue weighted by atomic mass is 9.68. The first-order valence-corrected chi connectivity index (χ1v) is 10.2. The van der Waals surface area contributed by atoms with Crippen LogP contribution >= 0.6 is 0 Å². The van der Waals surface area contributed by atoms with Gasteiger partial charge < -0.3 is 23.8 Å². The summed E-state index contributed by atoms with van der Waals surface area (Å²) in [6.45, 7) is 11.1. The van der Waals surface area contributed by atoms with Gasteiger partial charge in [0.05, 0.1) is 25.9 Å². The van der Waals surface area contributed by atoms with E-state index in [2.05, 4.69) is 32.7 Å². The van der Waals surface area contributed by atoms with Crippen molar-refractivity contribution in [1.82, 2.24) is 4.90 Å². The minimum atomic E-state index is -0.290. The van der Waals surface area contributed by atoms with Crippen molar-refractivity contribution in [2.75, 3.05) is 40.0 Å². The van der Waals surface area contributed by atoms with Crippen molar-refractivity contribution in [1.29, 1.82) is 0 Å². The maximum atomic E-state index is 6.39. The number of hydrogen-bond acceptors (Lipinski definition) is 5. The number of ether oxygens (including phenoxy) is 4. The molecule has 0 radical (unpaired) electrons. The van der Waals surface area contributed by atoms with Gasteiger partial charge in [-0.05, 0) is 37.6 Å². The predicted molar refractivity (Wildman–Crippen MR) is 97.4 cm³/mol. The molecule has 3 aliphatic rings. The van der Waals surface area contributed by atoms with E-state index in [9.17, 15) is 0 Å². The van der Waals surface area contributed by atoms with E-state index in [1.807, 2.05) is 0 Å². The zero-order chi connectivity index (χ0) is 17.9. The van der Waals surface area contributed by atoms with Crippen LogP contribution in [-0.4, -0.2) is 63.0 Å². The zero-order valence-corrected chi connectivity index (χ0v) is 16.6. The van der Waals surface area contributed by atoms with Crippen molar-refractivity contribution in [2.24, 2.45) is 11.3 Å². The van der Waals surface area contributed by atoms with Crippen LogP contribution in [-0.2, 0) is 18.9 Å². The maximum Gasteiger partial charge on any atom is 0.170 e. The summed E-state index contributed by atoms with van der Waals surface area (Å²) in [5, 5.41) is 0. The first kappa shape index (κ1) is 19.6. The average molecular weight is 356 g/mol. The van der Waals surface area contributed by atoms with Gasteiger partial charge in [-0.25, -0.2) is 0 Å². The molecular formula is C20H37NO4. The molecule has 0 amide bonds. The van der Waals surface area contributed by atoms with Gasteiger partial charge in [0.15, 0.2) is 12.1 Å². The monoisotopic (exact) mass is 355 g/mol. The van der Waals surface area contributed by atoms with Crippen LogP contribution in [0.2, 0.25) is 0 Å². The van der Waals surface area contributed by atoms with E-state index in [4.69, 9.17) is 18.9 Å². The highest BCUT2D eigenvalue weighted by Gasteiger charge is 2.46. The lowest BCUT2D eigenvalue weighted by Crippen LogP contribution is -2.39. The molecule has 146 valence electrons. The van der Waals surface area contributed by atoms with Crippen molar-refractivity contribution in [3.8, 4) is 0 Å². The Labute approximate surface area is 153 Å². The Kier molecular flexibility index (Phi) is 6.43. The van der Waals surface area contributed by atoms with E-state index in [1.54, 1.807) is 0 Å². The van der Waals surface area contributed by atoms with Crippen molar-refractivity contribution < 1.29 is 18.9 Å². The topological polar surface area (TPSA) is 40.2 Å². The predicted octanol–water partition coefficient (Wildman–Crippen LogP) is 3.42. The molecule has 0 N–H and O–H groups in total. The van der Waals surface area contributed by atoms with Gasteiger partial charge in [-0.2, -0.15) is 0 Å². The van der Waals surface area contributed by atoms with Crippen LogP contribution < -0.4 is 0 Å². The summed E-state index contributed by atoms with van der Waals surface area (Å²) >= 11 is 0. The first-order chi connectivity index (χ1) is 11.9. The molecule has 1 atom stereocenters. The van der Waals surface area contributed by atoms with Crippen LogP contribution in [0.1, 0.15) is 59.3 Å². The van der Waals surface area contributed by atoms with Gasteiger partial charge in [0.25, 0.3) is 0 Å². The minimum absolute atomic E-state index is 0.0608. The number of likely N-dealkylation sites (N-methyl/N-ethyl adjacent to an activating group) is 1. The van der Waals surface area contributed by atoms with Crippen LogP contribution in [0.5, 0.6) is 0 Å². The molecule has 1 spiro atoms. The first-order valence-electron chi connectivity index (χ1n) is 10.2. The number of rotatable bonds is 7. The molecular weight excluding hydrogens is 318 g/mol. The fraction of sp³-hybridized carbons (Fsp3) is 1.00. The van der Waals surface area contributed by atoms with Gasteiger partial charge in [0, 0.05) is 25.9 Å². The summed E-state index contributed by atoms with van der Waals surface area (Å²) in [6, 6.07) is 0. The molecule has 3 fully saturated rings. The van der Waals surface area contributed by atoms with Gasteiger partial charge >= 0.3 is 0 Å². The molecule has 3 rings (SSSR count). The van der Waals surface area contributed by atoms with Crippen LogP contribution in [0.4, 0.5) is 0 Å². The second-order valence-corrected chi connectivity index (χ2v) is 8.80. The molecule has 2 saturated heterocycles. The van der Waals surface area contributed by atoms with Crippen molar-refractivity contribution in [2.45, 2.75) is 77.5 Å². The standard InChI is InChI=1S/C20H37NO4/c1-5-19(2,3)16-6-9-20(10-7-16)24-15-17(25-20)8-11-21(4)14-18-22-12-13-23-18/h16-18H,5-15H2,1-4H3. The molecule has 1 saturated carbocycles.